The maximum atomic E-state index is 5.60. The summed E-state index contributed by atoms with van der Waals surface area (Å²) in [7, 11) is 0. The Morgan fingerprint density at radius 3 is 3.22 bits per heavy atom. The smallest absolute Gasteiger partial charge is 0.0623 e. The summed E-state index contributed by atoms with van der Waals surface area (Å²) in [5.41, 5.74) is 1.42. The van der Waals surface area contributed by atoms with E-state index < -0.39 is 0 Å². The van der Waals surface area contributed by atoms with Gasteiger partial charge in [0.2, 0.25) is 0 Å². The zero-order valence-electron chi connectivity index (χ0n) is 10.7. The summed E-state index contributed by atoms with van der Waals surface area (Å²) in [4.78, 5) is 0. The number of ether oxygens (including phenoxy) is 1. The van der Waals surface area contributed by atoms with E-state index >= 15 is 0 Å². The lowest BCUT2D eigenvalue weighted by Crippen LogP contribution is -2.50. The Morgan fingerprint density at radius 1 is 1.44 bits per heavy atom. The molecule has 3 atom stereocenters. The molecule has 1 aliphatic heterocycles. The van der Waals surface area contributed by atoms with Crippen LogP contribution in [0.1, 0.15) is 24.8 Å². The molecule has 1 saturated carbocycles. The molecule has 2 N–H and O–H groups in total. The monoisotopic (exact) mass is 266 g/mol. The van der Waals surface area contributed by atoms with Crippen LogP contribution >= 0.6 is 11.3 Å². The van der Waals surface area contributed by atoms with E-state index in [0.717, 1.165) is 32.2 Å². The summed E-state index contributed by atoms with van der Waals surface area (Å²) >= 11 is 1.78. The lowest BCUT2D eigenvalue weighted by molar-refractivity contribution is 0.0524. The van der Waals surface area contributed by atoms with Gasteiger partial charge in [-0.05, 0) is 41.1 Å². The molecule has 3 unspecified atom stereocenters. The van der Waals surface area contributed by atoms with Crippen molar-refractivity contribution in [2.75, 3.05) is 19.8 Å². The zero-order chi connectivity index (χ0) is 12.2. The molecule has 3 nitrogen and oxygen atoms in total. The van der Waals surface area contributed by atoms with Gasteiger partial charge in [-0.2, -0.15) is 11.3 Å². The minimum absolute atomic E-state index is 0.557. The van der Waals surface area contributed by atoms with Crippen molar-refractivity contribution < 1.29 is 4.74 Å². The zero-order valence-corrected chi connectivity index (χ0v) is 11.5. The lowest BCUT2D eigenvalue weighted by atomic mass is 9.94. The van der Waals surface area contributed by atoms with E-state index in [1.807, 2.05) is 0 Å². The van der Waals surface area contributed by atoms with Gasteiger partial charge >= 0.3 is 0 Å². The van der Waals surface area contributed by atoms with Crippen LogP contribution in [0.2, 0.25) is 0 Å². The Labute approximate surface area is 113 Å². The van der Waals surface area contributed by atoms with Crippen LogP contribution in [0.15, 0.2) is 16.8 Å². The van der Waals surface area contributed by atoms with Crippen molar-refractivity contribution in [2.24, 2.45) is 5.92 Å². The Balaban J connectivity index is 1.53. The van der Waals surface area contributed by atoms with Crippen molar-refractivity contribution in [1.29, 1.82) is 0 Å². The molecule has 1 aliphatic carbocycles. The molecule has 3 rings (SSSR count). The first-order chi connectivity index (χ1) is 8.93. The summed E-state index contributed by atoms with van der Waals surface area (Å²) in [6.45, 7) is 3.79. The largest absolute Gasteiger partial charge is 0.379 e. The fourth-order valence-corrected chi connectivity index (χ4v) is 3.90. The number of thiophene rings is 1. The van der Waals surface area contributed by atoms with E-state index in [9.17, 15) is 0 Å². The molecule has 1 aromatic rings. The number of rotatable bonds is 4. The molecule has 2 aliphatic rings. The molecule has 0 amide bonds. The first-order valence-corrected chi connectivity index (χ1v) is 7.93. The minimum Gasteiger partial charge on any atom is -0.379 e. The summed E-state index contributed by atoms with van der Waals surface area (Å²) < 4.78 is 5.60. The van der Waals surface area contributed by atoms with E-state index in [4.69, 9.17) is 4.74 Å². The molecule has 2 heterocycles. The molecule has 0 bridgehead atoms. The van der Waals surface area contributed by atoms with E-state index in [1.165, 1.54) is 24.8 Å². The van der Waals surface area contributed by atoms with Gasteiger partial charge in [0.05, 0.1) is 13.2 Å². The predicted molar refractivity (Wildman–Crippen MR) is 74.9 cm³/mol. The minimum atomic E-state index is 0.557. The van der Waals surface area contributed by atoms with Crippen LogP contribution in [0.3, 0.4) is 0 Å². The highest BCUT2D eigenvalue weighted by Gasteiger charge is 2.34. The number of hydrogen-bond donors (Lipinski definition) is 2. The topological polar surface area (TPSA) is 33.3 Å². The molecule has 1 aromatic heterocycles. The normalized spacial score (nSPS) is 32.8. The van der Waals surface area contributed by atoms with Gasteiger partial charge in [0.1, 0.15) is 0 Å². The molecular weight excluding hydrogens is 244 g/mol. The van der Waals surface area contributed by atoms with E-state index in [0.29, 0.717) is 12.1 Å². The summed E-state index contributed by atoms with van der Waals surface area (Å²) in [5, 5.41) is 11.8. The van der Waals surface area contributed by atoms with Crippen LogP contribution in [0.5, 0.6) is 0 Å². The fraction of sp³-hybridized carbons (Fsp3) is 0.714. The molecule has 18 heavy (non-hydrogen) atoms. The average Bonchev–Trinajstić information content (AvgIpc) is 3.09. The van der Waals surface area contributed by atoms with Crippen molar-refractivity contribution in [3.8, 4) is 0 Å². The Bertz CT molecular complexity index is 349. The molecular formula is C14H22N2OS. The molecule has 1 saturated heterocycles. The van der Waals surface area contributed by atoms with Crippen LogP contribution in [0, 0.1) is 5.92 Å². The molecule has 0 aromatic carbocycles. The van der Waals surface area contributed by atoms with Gasteiger partial charge in [-0.15, -0.1) is 0 Å². The third kappa shape index (κ3) is 2.94. The number of nitrogens with one attached hydrogen (secondary N) is 2. The van der Waals surface area contributed by atoms with Crippen molar-refractivity contribution in [3.05, 3.63) is 22.4 Å². The van der Waals surface area contributed by atoms with E-state index in [1.54, 1.807) is 11.3 Å². The summed E-state index contributed by atoms with van der Waals surface area (Å²) in [5.74, 6) is 0.740. The predicted octanol–water partition coefficient (Wildman–Crippen LogP) is 1.99. The number of morpholine rings is 1. The van der Waals surface area contributed by atoms with Crippen LogP contribution in [-0.2, 0) is 11.3 Å². The van der Waals surface area contributed by atoms with Crippen molar-refractivity contribution in [2.45, 2.75) is 37.9 Å². The lowest BCUT2D eigenvalue weighted by Gasteiger charge is -2.33. The van der Waals surface area contributed by atoms with Gasteiger partial charge in [0.25, 0.3) is 0 Å². The quantitative estimate of drug-likeness (QED) is 0.874. The highest BCUT2D eigenvalue weighted by Crippen LogP contribution is 2.29. The maximum Gasteiger partial charge on any atom is 0.0623 e. The molecule has 4 heteroatoms. The Hall–Kier alpha value is -0.420. The average molecular weight is 266 g/mol. The van der Waals surface area contributed by atoms with Gasteiger partial charge in [0.15, 0.2) is 0 Å². The number of hydrogen-bond acceptors (Lipinski definition) is 4. The van der Waals surface area contributed by atoms with Gasteiger partial charge in [-0.1, -0.05) is 6.42 Å². The second-order valence-electron chi connectivity index (χ2n) is 5.35. The fourth-order valence-electron chi connectivity index (χ4n) is 3.23. The first kappa shape index (κ1) is 12.6. The SMILES string of the molecule is c1cc(CNC2CCCC2C2COCCN2)cs1. The standard InChI is InChI=1S/C14H22N2OS/c1-2-12(14-9-17-6-5-15-14)13(3-1)16-8-11-4-7-18-10-11/h4,7,10,12-16H,1-3,5-6,8-9H2. The highest BCUT2D eigenvalue weighted by atomic mass is 32.1. The van der Waals surface area contributed by atoms with E-state index in [2.05, 4.69) is 27.5 Å². The molecule has 0 spiro atoms. The second-order valence-corrected chi connectivity index (χ2v) is 6.13. The van der Waals surface area contributed by atoms with Crippen LogP contribution in [0.25, 0.3) is 0 Å². The van der Waals surface area contributed by atoms with Crippen LogP contribution < -0.4 is 10.6 Å². The van der Waals surface area contributed by atoms with Gasteiger partial charge in [-0.25, -0.2) is 0 Å². The van der Waals surface area contributed by atoms with Crippen LogP contribution in [-0.4, -0.2) is 31.8 Å². The Morgan fingerprint density at radius 2 is 2.44 bits per heavy atom. The van der Waals surface area contributed by atoms with Gasteiger partial charge < -0.3 is 15.4 Å². The van der Waals surface area contributed by atoms with Crippen LogP contribution in [0.4, 0.5) is 0 Å². The van der Waals surface area contributed by atoms with Gasteiger partial charge in [0, 0.05) is 25.2 Å². The van der Waals surface area contributed by atoms with E-state index in [-0.39, 0.29) is 0 Å². The molecule has 0 radical (unpaired) electrons. The second kappa shape index (κ2) is 6.15. The van der Waals surface area contributed by atoms with Gasteiger partial charge in [-0.3, -0.25) is 0 Å². The molecule has 2 fully saturated rings. The third-order valence-corrected chi connectivity index (χ3v) is 4.92. The molecule has 100 valence electrons. The first-order valence-electron chi connectivity index (χ1n) is 6.99. The van der Waals surface area contributed by atoms with Crippen molar-refractivity contribution >= 4 is 11.3 Å². The summed E-state index contributed by atoms with van der Waals surface area (Å²) in [6.07, 6.45) is 4.00. The highest BCUT2D eigenvalue weighted by molar-refractivity contribution is 7.07. The van der Waals surface area contributed by atoms with Crippen molar-refractivity contribution in [1.82, 2.24) is 10.6 Å². The van der Waals surface area contributed by atoms with Crippen molar-refractivity contribution in [3.63, 3.8) is 0 Å². The third-order valence-electron chi connectivity index (χ3n) is 4.19. The Kier molecular flexibility index (Phi) is 4.31. The maximum absolute atomic E-state index is 5.60. The summed E-state index contributed by atoms with van der Waals surface area (Å²) in [6, 6.07) is 3.43.